The Balaban J connectivity index is 1.77. The highest BCUT2D eigenvalue weighted by molar-refractivity contribution is 6.21. The van der Waals surface area contributed by atoms with E-state index in [1.165, 1.54) is 6.20 Å². The Kier molecular flexibility index (Phi) is 4.79. The van der Waals surface area contributed by atoms with Gasteiger partial charge in [-0.3, -0.25) is 4.79 Å². The van der Waals surface area contributed by atoms with Crippen LogP contribution in [0.2, 0.25) is 0 Å². The summed E-state index contributed by atoms with van der Waals surface area (Å²) < 4.78 is 11.0. The summed E-state index contributed by atoms with van der Waals surface area (Å²) in [6.07, 6.45) is 1.45. The molecular weight excluding hydrogens is 334 g/mol. The van der Waals surface area contributed by atoms with Crippen molar-refractivity contribution in [2.45, 2.75) is 26.8 Å². The van der Waals surface area contributed by atoms with Crippen LogP contribution in [0.25, 0.3) is 0 Å². The van der Waals surface area contributed by atoms with Gasteiger partial charge in [0.2, 0.25) is 5.88 Å². The molecule has 0 saturated carbocycles. The van der Waals surface area contributed by atoms with Gasteiger partial charge in [-0.2, -0.15) is 0 Å². The van der Waals surface area contributed by atoms with Crippen molar-refractivity contribution in [3.8, 4) is 17.4 Å². The van der Waals surface area contributed by atoms with Crippen LogP contribution in [0.1, 0.15) is 19.4 Å². The van der Waals surface area contributed by atoms with Gasteiger partial charge in [0, 0.05) is 12.1 Å². The van der Waals surface area contributed by atoms with Crippen LogP contribution in [-0.2, 0) is 4.79 Å². The number of nitrogens with one attached hydrogen (secondary N) is 1. The third-order valence-corrected chi connectivity index (χ3v) is 4.22. The molecule has 1 aromatic carbocycles. The van der Waals surface area contributed by atoms with Crippen molar-refractivity contribution in [3.05, 3.63) is 42.1 Å². The van der Waals surface area contributed by atoms with Crippen LogP contribution in [0.5, 0.6) is 17.4 Å². The van der Waals surface area contributed by atoms with E-state index >= 15 is 0 Å². The van der Waals surface area contributed by atoms with Crippen LogP contribution in [0.15, 0.2) is 36.5 Å². The molecule has 0 bridgehead atoms. The van der Waals surface area contributed by atoms with Crippen molar-refractivity contribution in [2.75, 3.05) is 12.0 Å². The van der Waals surface area contributed by atoms with Gasteiger partial charge < -0.3 is 14.8 Å². The van der Waals surface area contributed by atoms with Crippen LogP contribution < -0.4 is 19.7 Å². The predicted molar refractivity (Wildman–Crippen MR) is 96.7 cm³/mol. The van der Waals surface area contributed by atoms with Crippen molar-refractivity contribution in [2.24, 2.45) is 5.92 Å². The molecule has 7 nitrogen and oxygen atoms in total. The first-order valence-corrected chi connectivity index (χ1v) is 8.33. The Labute approximate surface area is 151 Å². The molecule has 1 aliphatic rings. The first-order valence-electron chi connectivity index (χ1n) is 8.33. The molecule has 26 heavy (non-hydrogen) atoms. The van der Waals surface area contributed by atoms with Crippen molar-refractivity contribution < 1.29 is 19.1 Å². The third-order valence-electron chi connectivity index (χ3n) is 4.22. The highest BCUT2D eigenvalue weighted by atomic mass is 16.5. The van der Waals surface area contributed by atoms with Crippen LogP contribution in [0.3, 0.4) is 0 Å². The number of ether oxygens (including phenoxy) is 2. The van der Waals surface area contributed by atoms with Crippen molar-refractivity contribution in [3.63, 3.8) is 0 Å². The van der Waals surface area contributed by atoms with E-state index in [1.54, 1.807) is 25.3 Å². The molecule has 2 heterocycles. The Morgan fingerprint density at radius 1 is 1.19 bits per heavy atom. The van der Waals surface area contributed by atoms with E-state index in [4.69, 9.17) is 9.47 Å². The lowest BCUT2D eigenvalue weighted by Gasteiger charge is -2.14. The zero-order valence-corrected chi connectivity index (χ0v) is 15.1. The Morgan fingerprint density at radius 2 is 1.96 bits per heavy atom. The number of nitrogens with zero attached hydrogens (tertiary/aromatic N) is 2. The highest BCUT2D eigenvalue weighted by Crippen LogP contribution is 2.28. The summed E-state index contributed by atoms with van der Waals surface area (Å²) >= 11 is 0. The number of pyridine rings is 1. The third kappa shape index (κ3) is 3.33. The zero-order valence-electron chi connectivity index (χ0n) is 15.1. The van der Waals surface area contributed by atoms with Crippen LogP contribution in [-0.4, -0.2) is 30.1 Å². The number of imide groups is 1. The summed E-state index contributed by atoms with van der Waals surface area (Å²) in [7, 11) is 1.60. The fourth-order valence-corrected chi connectivity index (χ4v) is 2.74. The van der Waals surface area contributed by atoms with E-state index in [9.17, 15) is 9.59 Å². The van der Waals surface area contributed by atoms with Gasteiger partial charge in [0.05, 0.1) is 19.0 Å². The van der Waals surface area contributed by atoms with Gasteiger partial charge >= 0.3 is 6.03 Å². The van der Waals surface area contributed by atoms with Crippen molar-refractivity contribution in [1.29, 1.82) is 0 Å². The molecule has 1 N–H and O–H groups in total. The smallest absolute Gasteiger partial charge is 0.329 e. The van der Waals surface area contributed by atoms with Gasteiger partial charge in [-0.1, -0.05) is 19.9 Å². The number of amides is 3. The standard InChI is InChI=1S/C19H21N3O4/c1-11(2)17-18(23)22(19(24)21-17)13-6-8-16(20-10-13)26-14-7-5-12(3)15(9-14)25-4/h5-11,17H,1-4H3,(H,21,24)/t17-/m1/s1. The summed E-state index contributed by atoms with van der Waals surface area (Å²) in [6, 6.07) is 7.78. The minimum atomic E-state index is -0.515. The summed E-state index contributed by atoms with van der Waals surface area (Å²) in [6.45, 7) is 5.72. The second-order valence-electron chi connectivity index (χ2n) is 6.43. The number of methoxy groups -OCH3 is 1. The second kappa shape index (κ2) is 7.03. The van der Waals surface area contributed by atoms with Crippen molar-refractivity contribution in [1.82, 2.24) is 10.3 Å². The fraction of sp³-hybridized carbons (Fsp3) is 0.316. The maximum Gasteiger partial charge on any atom is 0.329 e. The number of hydrogen-bond acceptors (Lipinski definition) is 5. The average molecular weight is 355 g/mol. The largest absolute Gasteiger partial charge is 0.496 e. The van der Waals surface area contributed by atoms with Gasteiger partial charge in [-0.25, -0.2) is 14.7 Å². The molecule has 0 unspecified atom stereocenters. The van der Waals surface area contributed by atoms with E-state index in [0.717, 1.165) is 16.2 Å². The molecule has 1 aliphatic heterocycles. The fourth-order valence-electron chi connectivity index (χ4n) is 2.74. The van der Waals surface area contributed by atoms with Gasteiger partial charge in [0.15, 0.2) is 0 Å². The molecule has 1 saturated heterocycles. The highest BCUT2D eigenvalue weighted by Gasteiger charge is 2.40. The number of anilines is 1. The number of aryl methyl sites for hydroxylation is 1. The summed E-state index contributed by atoms with van der Waals surface area (Å²) in [5.74, 6) is 1.40. The zero-order chi connectivity index (χ0) is 18.8. The molecule has 7 heteroatoms. The van der Waals surface area contributed by atoms with E-state index in [-0.39, 0.29) is 11.8 Å². The van der Waals surface area contributed by atoms with Crippen LogP contribution in [0, 0.1) is 12.8 Å². The Morgan fingerprint density at radius 3 is 2.54 bits per heavy atom. The van der Waals surface area contributed by atoms with E-state index in [0.29, 0.717) is 17.3 Å². The number of hydrogen-bond donors (Lipinski definition) is 1. The van der Waals surface area contributed by atoms with E-state index in [1.807, 2.05) is 32.9 Å². The average Bonchev–Trinajstić information content (AvgIpc) is 2.92. The van der Waals surface area contributed by atoms with Gasteiger partial charge in [0.25, 0.3) is 5.91 Å². The molecule has 3 rings (SSSR count). The monoisotopic (exact) mass is 355 g/mol. The van der Waals surface area contributed by atoms with Crippen LogP contribution >= 0.6 is 0 Å². The minimum Gasteiger partial charge on any atom is -0.496 e. The Hall–Kier alpha value is -3.09. The lowest BCUT2D eigenvalue weighted by molar-refractivity contribution is -0.119. The molecular formula is C19H21N3O4. The molecule has 0 radical (unpaired) electrons. The topological polar surface area (TPSA) is 80.8 Å². The van der Waals surface area contributed by atoms with E-state index in [2.05, 4.69) is 10.3 Å². The number of urea groups is 1. The Bertz CT molecular complexity index is 833. The normalized spacial score (nSPS) is 16.8. The van der Waals surface area contributed by atoms with Gasteiger partial charge in [0.1, 0.15) is 17.5 Å². The molecule has 1 aromatic heterocycles. The lowest BCUT2D eigenvalue weighted by atomic mass is 10.1. The maximum atomic E-state index is 12.4. The minimum absolute atomic E-state index is 0.0172. The number of aromatic nitrogens is 1. The number of benzene rings is 1. The summed E-state index contributed by atoms with van der Waals surface area (Å²) in [5.41, 5.74) is 1.41. The first kappa shape index (κ1) is 17.7. The predicted octanol–water partition coefficient (Wildman–Crippen LogP) is 3.27. The SMILES string of the molecule is COc1cc(Oc2ccc(N3C(=O)N[C@H](C(C)C)C3=O)cn2)ccc1C. The van der Waals surface area contributed by atoms with Crippen LogP contribution in [0.4, 0.5) is 10.5 Å². The quantitative estimate of drug-likeness (QED) is 0.833. The summed E-state index contributed by atoms with van der Waals surface area (Å²) in [4.78, 5) is 29.8. The summed E-state index contributed by atoms with van der Waals surface area (Å²) in [5, 5.41) is 2.69. The molecule has 136 valence electrons. The molecule has 2 aromatic rings. The van der Waals surface area contributed by atoms with Gasteiger partial charge in [-0.15, -0.1) is 0 Å². The van der Waals surface area contributed by atoms with E-state index < -0.39 is 12.1 Å². The molecule has 0 aliphatic carbocycles. The molecule has 3 amide bonds. The maximum absolute atomic E-state index is 12.4. The lowest BCUT2D eigenvalue weighted by Crippen LogP contribution is -2.34. The molecule has 0 spiro atoms. The number of carbonyl (C=O) groups excluding carboxylic acids is 2. The molecule has 1 fully saturated rings. The first-order chi connectivity index (χ1) is 12.4. The molecule has 1 atom stereocenters. The number of rotatable bonds is 5. The van der Waals surface area contributed by atoms with Crippen molar-refractivity contribution >= 4 is 17.6 Å². The number of carbonyl (C=O) groups is 2. The van der Waals surface area contributed by atoms with Gasteiger partial charge in [-0.05, 0) is 30.5 Å². The second-order valence-corrected chi connectivity index (χ2v) is 6.43.